The van der Waals surface area contributed by atoms with Gasteiger partial charge in [-0.05, 0) is 24.1 Å². The van der Waals surface area contributed by atoms with E-state index in [0.717, 1.165) is 19.3 Å². The first kappa shape index (κ1) is 17.8. The van der Waals surface area contributed by atoms with Crippen molar-refractivity contribution < 1.29 is 14.0 Å². The Labute approximate surface area is 140 Å². The number of thioether (sulfide) groups is 1. The minimum absolute atomic E-state index is 0.122. The second kappa shape index (κ2) is 8.34. The summed E-state index contributed by atoms with van der Waals surface area (Å²) < 4.78 is 13.5. The molecule has 6 heteroatoms. The van der Waals surface area contributed by atoms with Crippen molar-refractivity contribution in [2.24, 2.45) is 0 Å². The molecular weight excluding hydrogens is 315 g/mol. The molecule has 1 saturated heterocycles. The third kappa shape index (κ3) is 4.47. The molecule has 1 heterocycles. The van der Waals surface area contributed by atoms with Crippen LogP contribution in [0.1, 0.15) is 44.0 Å². The molecular formula is C17H23FN2O2S. The molecule has 1 aromatic rings. The molecule has 2 unspecified atom stereocenters. The summed E-state index contributed by atoms with van der Waals surface area (Å²) in [6.45, 7) is 4.19. The van der Waals surface area contributed by atoms with Crippen LogP contribution in [-0.2, 0) is 9.59 Å². The van der Waals surface area contributed by atoms with E-state index in [2.05, 4.69) is 12.2 Å². The molecule has 1 aliphatic rings. The Bertz CT molecular complexity index is 567. The monoisotopic (exact) mass is 338 g/mol. The lowest BCUT2D eigenvalue weighted by atomic mass is 10.1. The van der Waals surface area contributed by atoms with Crippen LogP contribution in [0.3, 0.4) is 0 Å². The van der Waals surface area contributed by atoms with Gasteiger partial charge in [-0.25, -0.2) is 4.39 Å². The van der Waals surface area contributed by atoms with Gasteiger partial charge in [-0.1, -0.05) is 31.9 Å². The molecule has 0 saturated carbocycles. The van der Waals surface area contributed by atoms with Crippen molar-refractivity contribution in [1.82, 2.24) is 10.2 Å². The molecule has 0 aromatic heterocycles. The quantitative estimate of drug-likeness (QED) is 0.811. The molecule has 0 spiro atoms. The van der Waals surface area contributed by atoms with Gasteiger partial charge in [-0.2, -0.15) is 0 Å². The molecule has 4 nitrogen and oxygen atoms in total. The average molecular weight is 338 g/mol. The zero-order valence-corrected chi connectivity index (χ0v) is 14.4. The maximum atomic E-state index is 13.5. The molecule has 2 rings (SSSR count). The SMILES string of the molecule is CCCCCNC(=O)C1CSC(c2cccc(F)c2)N1C(C)=O. The van der Waals surface area contributed by atoms with E-state index in [-0.39, 0.29) is 23.0 Å². The van der Waals surface area contributed by atoms with Gasteiger partial charge in [0, 0.05) is 19.2 Å². The van der Waals surface area contributed by atoms with Gasteiger partial charge < -0.3 is 10.2 Å². The smallest absolute Gasteiger partial charge is 0.243 e. The van der Waals surface area contributed by atoms with Gasteiger partial charge in [0.15, 0.2) is 0 Å². The van der Waals surface area contributed by atoms with Crippen LogP contribution in [0.5, 0.6) is 0 Å². The average Bonchev–Trinajstić information content (AvgIpc) is 2.96. The molecule has 126 valence electrons. The van der Waals surface area contributed by atoms with Gasteiger partial charge in [0.2, 0.25) is 11.8 Å². The van der Waals surface area contributed by atoms with Crippen LogP contribution in [-0.4, -0.2) is 35.1 Å². The maximum absolute atomic E-state index is 13.5. The first-order valence-corrected chi connectivity index (χ1v) is 9.03. The van der Waals surface area contributed by atoms with E-state index < -0.39 is 6.04 Å². The van der Waals surface area contributed by atoms with Crippen molar-refractivity contribution in [3.05, 3.63) is 35.6 Å². The summed E-state index contributed by atoms with van der Waals surface area (Å²) in [6, 6.07) is 5.72. The van der Waals surface area contributed by atoms with Crippen LogP contribution < -0.4 is 5.32 Å². The van der Waals surface area contributed by atoms with Crippen LogP contribution in [0, 0.1) is 5.82 Å². The Morgan fingerprint density at radius 1 is 1.39 bits per heavy atom. The highest BCUT2D eigenvalue weighted by molar-refractivity contribution is 7.99. The van der Waals surface area contributed by atoms with E-state index in [1.165, 1.54) is 30.8 Å². The minimum Gasteiger partial charge on any atom is -0.354 e. The van der Waals surface area contributed by atoms with Crippen LogP contribution in [0.4, 0.5) is 4.39 Å². The third-order valence-electron chi connectivity index (χ3n) is 3.88. The lowest BCUT2D eigenvalue weighted by Crippen LogP contribution is -2.47. The Balaban J connectivity index is 2.07. The van der Waals surface area contributed by atoms with Crippen LogP contribution in [0.15, 0.2) is 24.3 Å². The normalized spacial score (nSPS) is 20.6. The van der Waals surface area contributed by atoms with Gasteiger partial charge in [0.1, 0.15) is 17.2 Å². The number of hydrogen-bond acceptors (Lipinski definition) is 3. The molecule has 2 atom stereocenters. The highest BCUT2D eigenvalue weighted by Crippen LogP contribution is 2.41. The summed E-state index contributed by atoms with van der Waals surface area (Å²) in [5.41, 5.74) is 0.714. The maximum Gasteiger partial charge on any atom is 0.243 e. The van der Waals surface area contributed by atoms with E-state index >= 15 is 0 Å². The first-order valence-electron chi connectivity index (χ1n) is 7.98. The number of amides is 2. The number of rotatable bonds is 6. The Hall–Kier alpha value is -1.56. The number of unbranched alkanes of at least 4 members (excludes halogenated alkanes) is 2. The Morgan fingerprint density at radius 2 is 2.17 bits per heavy atom. The number of carbonyl (C=O) groups excluding carboxylic acids is 2. The molecule has 1 aromatic carbocycles. The summed E-state index contributed by atoms with van der Waals surface area (Å²) in [6.07, 6.45) is 3.11. The van der Waals surface area contributed by atoms with E-state index in [9.17, 15) is 14.0 Å². The molecule has 23 heavy (non-hydrogen) atoms. The highest BCUT2D eigenvalue weighted by atomic mass is 32.2. The number of nitrogens with zero attached hydrogens (tertiary/aromatic N) is 1. The van der Waals surface area contributed by atoms with Crippen LogP contribution in [0.25, 0.3) is 0 Å². The summed E-state index contributed by atoms with van der Waals surface area (Å²) in [5.74, 6) is -0.0971. The molecule has 1 fully saturated rings. The lowest BCUT2D eigenvalue weighted by Gasteiger charge is -2.28. The van der Waals surface area contributed by atoms with Gasteiger partial charge in [-0.15, -0.1) is 11.8 Å². The molecule has 0 aliphatic carbocycles. The topological polar surface area (TPSA) is 49.4 Å². The number of carbonyl (C=O) groups is 2. The van der Waals surface area contributed by atoms with E-state index in [0.29, 0.717) is 17.9 Å². The Kier molecular flexibility index (Phi) is 6.45. The molecule has 2 amide bonds. The predicted octanol–water partition coefficient (Wildman–Crippen LogP) is 3.09. The molecule has 0 bridgehead atoms. The summed E-state index contributed by atoms with van der Waals surface area (Å²) >= 11 is 1.50. The van der Waals surface area contributed by atoms with Crippen molar-refractivity contribution >= 4 is 23.6 Å². The summed E-state index contributed by atoms with van der Waals surface area (Å²) in [7, 11) is 0. The fraction of sp³-hybridized carbons (Fsp3) is 0.529. The van der Waals surface area contributed by atoms with Crippen molar-refractivity contribution in [3.8, 4) is 0 Å². The zero-order valence-electron chi connectivity index (χ0n) is 13.5. The number of benzene rings is 1. The number of hydrogen-bond donors (Lipinski definition) is 1. The number of nitrogens with one attached hydrogen (secondary N) is 1. The van der Waals surface area contributed by atoms with Crippen LogP contribution >= 0.6 is 11.8 Å². The lowest BCUT2D eigenvalue weighted by molar-refractivity contribution is -0.138. The second-order valence-electron chi connectivity index (χ2n) is 5.68. The molecule has 1 aliphatic heterocycles. The van der Waals surface area contributed by atoms with E-state index in [1.807, 2.05) is 0 Å². The van der Waals surface area contributed by atoms with Gasteiger partial charge in [0.05, 0.1) is 0 Å². The zero-order chi connectivity index (χ0) is 16.8. The van der Waals surface area contributed by atoms with Crippen molar-refractivity contribution in [1.29, 1.82) is 0 Å². The predicted molar refractivity (Wildman–Crippen MR) is 90.4 cm³/mol. The van der Waals surface area contributed by atoms with Crippen molar-refractivity contribution in [3.63, 3.8) is 0 Å². The van der Waals surface area contributed by atoms with Crippen molar-refractivity contribution in [2.75, 3.05) is 12.3 Å². The summed E-state index contributed by atoms with van der Waals surface area (Å²) in [5, 5.41) is 2.60. The van der Waals surface area contributed by atoms with E-state index in [1.54, 1.807) is 17.0 Å². The fourth-order valence-corrected chi connectivity index (χ4v) is 4.19. The van der Waals surface area contributed by atoms with Crippen molar-refractivity contribution in [2.45, 2.75) is 44.5 Å². The minimum atomic E-state index is -0.493. The van der Waals surface area contributed by atoms with Gasteiger partial charge in [-0.3, -0.25) is 9.59 Å². The van der Waals surface area contributed by atoms with Gasteiger partial charge >= 0.3 is 0 Å². The molecule has 1 N–H and O–H groups in total. The van der Waals surface area contributed by atoms with E-state index in [4.69, 9.17) is 0 Å². The standard InChI is InChI=1S/C17H23FN2O2S/c1-3-4-5-9-19-16(22)15-11-23-17(20(15)12(2)21)13-7-6-8-14(18)10-13/h6-8,10,15,17H,3-5,9,11H2,1-2H3,(H,19,22). The van der Waals surface area contributed by atoms with Gasteiger partial charge in [0.25, 0.3) is 0 Å². The van der Waals surface area contributed by atoms with Crippen LogP contribution in [0.2, 0.25) is 0 Å². The largest absolute Gasteiger partial charge is 0.354 e. The second-order valence-corrected chi connectivity index (χ2v) is 6.79. The first-order chi connectivity index (χ1) is 11.0. The highest BCUT2D eigenvalue weighted by Gasteiger charge is 2.40. The third-order valence-corrected chi connectivity index (χ3v) is 5.20. The fourth-order valence-electron chi connectivity index (χ4n) is 2.71. The Morgan fingerprint density at radius 3 is 2.83 bits per heavy atom. The number of halogens is 1. The summed E-state index contributed by atoms with van der Waals surface area (Å²) in [4.78, 5) is 26.0. The molecule has 0 radical (unpaired) electrons.